The van der Waals surface area contributed by atoms with Gasteiger partial charge < -0.3 is 35.4 Å². The number of ether oxygens (including phenoxy) is 2. The molecule has 3 aliphatic rings. The summed E-state index contributed by atoms with van der Waals surface area (Å²) < 4.78 is 11.9. The molecule has 174 valence electrons. The summed E-state index contributed by atoms with van der Waals surface area (Å²) in [6.07, 6.45) is -0.240. The van der Waals surface area contributed by atoms with Crippen LogP contribution in [0.3, 0.4) is 0 Å². The number of fused-ring (bicyclic) bond motifs is 1. The van der Waals surface area contributed by atoms with Crippen LogP contribution < -0.4 is 10.6 Å². The van der Waals surface area contributed by atoms with Crippen molar-refractivity contribution in [3.63, 3.8) is 0 Å². The average molecular weight is 467 g/mol. The number of rotatable bonds is 6. The topological polar surface area (TPSA) is 120 Å². The van der Waals surface area contributed by atoms with Gasteiger partial charge in [0.05, 0.1) is 17.5 Å². The minimum Gasteiger partial charge on any atom is -0.388 e. The molecule has 3 fully saturated rings. The Balaban J connectivity index is 1.70. The zero-order valence-corrected chi connectivity index (χ0v) is 19.3. The maximum absolute atomic E-state index is 13.2. The molecule has 8 nitrogen and oxygen atoms in total. The van der Waals surface area contributed by atoms with Crippen LogP contribution in [-0.4, -0.2) is 94.1 Å². The first-order chi connectivity index (χ1) is 14.3. The van der Waals surface area contributed by atoms with E-state index in [9.17, 15) is 20.1 Å². The SMILES string of the molecule is CC[C@@H]1CCO[C@@H]2[C@H](CN[C@@H]2C(=O)N[C@H]([C@H](C)Cl)[C@H]2OC(SC)[C@H](O)[C@H](O)C2O)C1. The summed E-state index contributed by atoms with van der Waals surface area (Å²) in [5.41, 5.74) is -0.728. The highest BCUT2D eigenvalue weighted by atomic mass is 35.5. The average Bonchev–Trinajstić information content (AvgIpc) is 3.00. The number of aliphatic hydroxyl groups is 3. The number of aliphatic hydroxyl groups excluding tert-OH is 3. The van der Waals surface area contributed by atoms with Gasteiger partial charge in [0.1, 0.15) is 35.9 Å². The van der Waals surface area contributed by atoms with Crippen molar-refractivity contribution in [1.82, 2.24) is 10.6 Å². The van der Waals surface area contributed by atoms with Crippen LogP contribution in [-0.2, 0) is 14.3 Å². The van der Waals surface area contributed by atoms with Crippen molar-refractivity contribution in [3.05, 3.63) is 0 Å². The predicted molar refractivity (Wildman–Crippen MR) is 115 cm³/mol. The molecule has 3 rings (SSSR count). The van der Waals surface area contributed by atoms with Gasteiger partial charge in [0, 0.05) is 13.2 Å². The molecule has 30 heavy (non-hydrogen) atoms. The van der Waals surface area contributed by atoms with Crippen molar-refractivity contribution in [2.75, 3.05) is 19.4 Å². The maximum Gasteiger partial charge on any atom is 0.240 e. The first-order valence-electron chi connectivity index (χ1n) is 10.8. The summed E-state index contributed by atoms with van der Waals surface area (Å²) in [6.45, 7) is 5.26. The van der Waals surface area contributed by atoms with E-state index < -0.39 is 47.3 Å². The Bertz CT molecular complexity index is 585. The molecular formula is C20H35ClN2O6S. The van der Waals surface area contributed by atoms with Crippen molar-refractivity contribution in [2.45, 2.75) is 86.5 Å². The summed E-state index contributed by atoms with van der Waals surface area (Å²) >= 11 is 7.59. The van der Waals surface area contributed by atoms with Crippen LogP contribution in [0.25, 0.3) is 0 Å². The summed E-state index contributed by atoms with van der Waals surface area (Å²) in [7, 11) is 0. The summed E-state index contributed by atoms with van der Waals surface area (Å²) in [6, 6.07) is -1.25. The largest absolute Gasteiger partial charge is 0.388 e. The second kappa shape index (κ2) is 10.7. The van der Waals surface area contributed by atoms with Gasteiger partial charge in [-0.05, 0) is 37.9 Å². The number of carbonyl (C=O) groups excluding carboxylic acids is 1. The minimum atomic E-state index is -1.39. The van der Waals surface area contributed by atoms with Crippen molar-refractivity contribution in [2.24, 2.45) is 11.8 Å². The van der Waals surface area contributed by atoms with E-state index in [2.05, 4.69) is 17.6 Å². The van der Waals surface area contributed by atoms with E-state index in [0.29, 0.717) is 12.5 Å². The molecule has 0 aromatic carbocycles. The molecule has 1 amide bonds. The zero-order valence-electron chi connectivity index (χ0n) is 17.7. The van der Waals surface area contributed by atoms with Gasteiger partial charge in [0.2, 0.25) is 5.91 Å². The van der Waals surface area contributed by atoms with Gasteiger partial charge in [-0.25, -0.2) is 0 Å². The highest BCUT2D eigenvalue weighted by Crippen LogP contribution is 2.33. The van der Waals surface area contributed by atoms with Crippen LogP contribution in [0.15, 0.2) is 0 Å². The third-order valence-corrected chi connectivity index (χ3v) is 7.85. The molecule has 11 atom stereocenters. The fourth-order valence-corrected chi connectivity index (χ4v) is 5.73. The fourth-order valence-electron chi connectivity index (χ4n) is 4.84. The molecule has 0 aromatic rings. The highest BCUT2D eigenvalue weighted by molar-refractivity contribution is 7.99. The minimum absolute atomic E-state index is 0.198. The van der Waals surface area contributed by atoms with E-state index in [0.717, 1.165) is 25.8 Å². The van der Waals surface area contributed by atoms with Crippen LogP contribution in [0, 0.1) is 11.8 Å². The third-order valence-electron chi connectivity index (χ3n) is 6.72. The normalized spacial score (nSPS) is 44.0. The Hall–Kier alpha value is -0.130. The van der Waals surface area contributed by atoms with Gasteiger partial charge >= 0.3 is 0 Å². The second-order valence-electron chi connectivity index (χ2n) is 8.67. The standard InChI is InChI=1S/C20H35ClN2O6S/c1-4-10-5-6-28-17-11(7-10)8-22-13(17)19(27)23-12(9(2)21)18-15(25)14(24)16(26)20(29-18)30-3/h9-18,20,22,24-26H,4-8H2,1-3H3,(H,23,27)/t9-,10+,11-,12+,13-,14+,15?,16+,17+,18+,20?/m0/s1. The number of alkyl halides is 1. The molecule has 0 aliphatic carbocycles. The number of thioether (sulfide) groups is 1. The molecule has 0 bridgehead atoms. The monoisotopic (exact) mass is 466 g/mol. The fraction of sp³-hybridized carbons (Fsp3) is 0.950. The molecule has 3 heterocycles. The molecule has 3 saturated heterocycles. The van der Waals surface area contributed by atoms with Crippen LogP contribution in [0.5, 0.6) is 0 Å². The lowest BCUT2D eigenvalue weighted by atomic mass is 9.88. The Morgan fingerprint density at radius 3 is 2.67 bits per heavy atom. The lowest BCUT2D eigenvalue weighted by molar-refractivity contribution is -0.205. The van der Waals surface area contributed by atoms with Gasteiger partial charge in [-0.15, -0.1) is 23.4 Å². The number of hydrogen-bond donors (Lipinski definition) is 5. The van der Waals surface area contributed by atoms with Crippen LogP contribution in [0.1, 0.15) is 33.1 Å². The van der Waals surface area contributed by atoms with Crippen molar-refractivity contribution in [3.8, 4) is 0 Å². The highest BCUT2D eigenvalue weighted by Gasteiger charge is 2.49. The summed E-state index contributed by atoms with van der Waals surface area (Å²) in [5, 5.41) is 36.5. The number of nitrogens with one attached hydrogen (secondary N) is 2. The van der Waals surface area contributed by atoms with Gasteiger partial charge in [0.15, 0.2) is 0 Å². The number of amides is 1. The van der Waals surface area contributed by atoms with E-state index >= 15 is 0 Å². The van der Waals surface area contributed by atoms with E-state index in [1.165, 1.54) is 11.8 Å². The Morgan fingerprint density at radius 2 is 2.03 bits per heavy atom. The molecule has 10 heteroatoms. The first kappa shape index (κ1) is 24.5. The van der Waals surface area contributed by atoms with Crippen molar-refractivity contribution < 1.29 is 29.6 Å². The van der Waals surface area contributed by atoms with E-state index in [1.807, 2.05) is 0 Å². The molecule has 5 N–H and O–H groups in total. The smallest absolute Gasteiger partial charge is 0.240 e. The summed E-state index contributed by atoms with van der Waals surface area (Å²) in [4.78, 5) is 13.2. The number of hydrogen-bond acceptors (Lipinski definition) is 8. The molecule has 3 aliphatic heterocycles. The van der Waals surface area contributed by atoms with Gasteiger partial charge in [-0.3, -0.25) is 4.79 Å². The molecule has 0 saturated carbocycles. The molecule has 0 aromatic heterocycles. The lowest BCUT2D eigenvalue weighted by Crippen LogP contribution is -2.65. The Morgan fingerprint density at radius 1 is 1.30 bits per heavy atom. The van der Waals surface area contributed by atoms with Gasteiger partial charge in [-0.2, -0.15) is 0 Å². The number of halogens is 1. The zero-order chi connectivity index (χ0) is 22.0. The molecule has 0 radical (unpaired) electrons. The first-order valence-corrected chi connectivity index (χ1v) is 12.5. The molecule has 2 unspecified atom stereocenters. The van der Waals surface area contributed by atoms with Gasteiger partial charge in [0.25, 0.3) is 0 Å². The van der Waals surface area contributed by atoms with E-state index in [-0.39, 0.29) is 17.9 Å². The second-order valence-corrected chi connectivity index (χ2v) is 10.3. The number of carbonyl (C=O) groups is 1. The quantitative estimate of drug-likeness (QED) is 0.349. The third kappa shape index (κ3) is 5.09. The molecular weight excluding hydrogens is 432 g/mol. The van der Waals surface area contributed by atoms with E-state index in [1.54, 1.807) is 13.2 Å². The van der Waals surface area contributed by atoms with Crippen molar-refractivity contribution in [1.29, 1.82) is 0 Å². The van der Waals surface area contributed by atoms with Gasteiger partial charge in [-0.1, -0.05) is 13.3 Å². The maximum atomic E-state index is 13.2. The Kier molecular flexibility index (Phi) is 8.71. The van der Waals surface area contributed by atoms with Crippen LogP contribution in [0.4, 0.5) is 0 Å². The van der Waals surface area contributed by atoms with Crippen molar-refractivity contribution >= 4 is 29.3 Å². The molecule has 0 spiro atoms. The Labute approximate surface area is 187 Å². The predicted octanol–water partition coefficient (Wildman–Crippen LogP) is 0.0623. The summed E-state index contributed by atoms with van der Waals surface area (Å²) in [5.74, 6) is 0.642. The lowest BCUT2D eigenvalue weighted by Gasteiger charge is -2.44. The van der Waals surface area contributed by atoms with Crippen LogP contribution in [0.2, 0.25) is 0 Å². The van der Waals surface area contributed by atoms with E-state index in [4.69, 9.17) is 21.1 Å². The van der Waals surface area contributed by atoms with Crippen LogP contribution >= 0.6 is 23.4 Å².